The molecular weight excluding hydrogens is 496 g/mol. The molecule has 196 valence electrons. The number of nitrogens with one attached hydrogen (secondary N) is 1. The Morgan fingerprint density at radius 2 is 1.58 bits per heavy atom. The van der Waals surface area contributed by atoms with Crippen molar-refractivity contribution < 1.29 is 9.59 Å². The first-order valence-corrected chi connectivity index (χ1v) is 13.2. The highest BCUT2D eigenvalue weighted by Crippen LogP contribution is 2.26. The van der Waals surface area contributed by atoms with Gasteiger partial charge in [0.1, 0.15) is 6.54 Å². The van der Waals surface area contributed by atoms with Crippen molar-refractivity contribution in [3.8, 4) is 16.9 Å². The maximum absolute atomic E-state index is 13.3. The molecule has 4 rings (SSSR count). The van der Waals surface area contributed by atoms with Crippen LogP contribution in [0.2, 0.25) is 5.02 Å². The van der Waals surface area contributed by atoms with Crippen LogP contribution in [-0.4, -0.2) is 39.4 Å². The van der Waals surface area contributed by atoms with E-state index in [1.807, 2.05) is 67.1 Å². The van der Waals surface area contributed by atoms with Crippen molar-refractivity contribution in [2.24, 2.45) is 5.92 Å². The van der Waals surface area contributed by atoms with E-state index >= 15 is 0 Å². The highest BCUT2D eigenvalue weighted by Gasteiger charge is 2.23. The fraction of sp³-hybridized carbons (Fsp3) is 0.258. The van der Waals surface area contributed by atoms with Gasteiger partial charge < -0.3 is 4.90 Å². The molecule has 38 heavy (non-hydrogen) atoms. The Morgan fingerprint density at radius 3 is 2.21 bits per heavy atom. The molecule has 0 spiro atoms. The van der Waals surface area contributed by atoms with Crippen molar-refractivity contribution in [1.29, 1.82) is 0 Å². The number of halogens is 1. The van der Waals surface area contributed by atoms with Gasteiger partial charge in [-0.3, -0.25) is 19.5 Å². The fourth-order valence-electron chi connectivity index (χ4n) is 4.24. The molecule has 6 nitrogen and oxygen atoms in total. The second kappa shape index (κ2) is 12.1. The van der Waals surface area contributed by atoms with Crippen molar-refractivity contribution >= 4 is 29.4 Å². The monoisotopic (exact) mass is 528 g/mol. The quantitative estimate of drug-likeness (QED) is 0.253. The van der Waals surface area contributed by atoms with E-state index < -0.39 is 0 Å². The molecule has 4 aromatic rings. The predicted molar refractivity (Wildman–Crippen MR) is 154 cm³/mol. The Labute approximate surface area is 229 Å². The lowest BCUT2D eigenvalue weighted by Crippen LogP contribution is -2.40. The van der Waals surface area contributed by atoms with Crippen molar-refractivity contribution in [3.63, 3.8) is 0 Å². The lowest BCUT2D eigenvalue weighted by Gasteiger charge is -2.24. The van der Waals surface area contributed by atoms with Gasteiger partial charge in [-0.25, -0.2) is 4.98 Å². The number of hydrogen-bond acceptors (Lipinski definition) is 3. The average Bonchev–Trinajstić information content (AvgIpc) is 3.32. The minimum absolute atomic E-state index is 0.123. The van der Waals surface area contributed by atoms with Crippen molar-refractivity contribution in [3.05, 3.63) is 101 Å². The maximum atomic E-state index is 13.3. The summed E-state index contributed by atoms with van der Waals surface area (Å²) >= 11 is 6.28. The SMILES string of the molecule is CC(C)CN(CC(=O)Nc1nc(-c2ccccc2)cn1-c1ccc(C(C)C)cc1)C(=O)c1ccccc1Cl. The Balaban J connectivity index is 1.63. The maximum Gasteiger partial charge on any atom is 0.255 e. The van der Waals surface area contributed by atoms with Crippen molar-refractivity contribution in [2.45, 2.75) is 33.6 Å². The first-order valence-electron chi connectivity index (χ1n) is 12.8. The van der Waals surface area contributed by atoms with Gasteiger partial charge in [-0.15, -0.1) is 0 Å². The van der Waals surface area contributed by atoms with Gasteiger partial charge >= 0.3 is 0 Å². The van der Waals surface area contributed by atoms with Gasteiger partial charge in [0.2, 0.25) is 11.9 Å². The van der Waals surface area contributed by atoms with Gasteiger partial charge in [-0.1, -0.05) is 93.9 Å². The van der Waals surface area contributed by atoms with E-state index in [1.54, 1.807) is 24.3 Å². The minimum Gasteiger partial charge on any atom is -0.329 e. The third-order valence-electron chi connectivity index (χ3n) is 6.18. The second-order valence-corrected chi connectivity index (χ2v) is 10.4. The molecule has 0 unspecified atom stereocenters. The van der Waals surface area contributed by atoms with E-state index in [1.165, 1.54) is 10.5 Å². The molecule has 1 aromatic heterocycles. The molecule has 1 heterocycles. The van der Waals surface area contributed by atoms with Crippen LogP contribution in [-0.2, 0) is 4.79 Å². The number of aromatic nitrogens is 2. The van der Waals surface area contributed by atoms with Crippen LogP contribution in [0, 0.1) is 5.92 Å². The third-order valence-corrected chi connectivity index (χ3v) is 6.51. The van der Waals surface area contributed by atoms with Gasteiger partial charge in [0.15, 0.2) is 0 Å². The molecule has 0 bridgehead atoms. The summed E-state index contributed by atoms with van der Waals surface area (Å²) in [5.41, 5.74) is 4.16. The van der Waals surface area contributed by atoms with Crippen LogP contribution in [0.4, 0.5) is 5.95 Å². The van der Waals surface area contributed by atoms with Crippen molar-refractivity contribution in [2.75, 3.05) is 18.4 Å². The predicted octanol–water partition coefficient (Wildman–Crippen LogP) is 7.05. The van der Waals surface area contributed by atoms with Crippen LogP contribution in [0.1, 0.15) is 49.5 Å². The molecule has 0 aliphatic rings. The van der Waals surface area contributed by atoms with E-state index in [9.17, 15) is 9.59 Å². The topological polar surface area (TPSA) is 67.2 Å². The second-order valence-electron chi connectivity index (χ2n) is 10.0. The highest BCUT2D eigenvalue weighted by molar-refractivity contribution is 6.33. The van der Waals surface area contributed by atoms with Crippen molar-refractivity contribution in [1.82, 2.24) is 14.5 Å². The molecule has 0 aliphatic carbocycles. The van der Waals surface area contributed by atoms with Crippen LogP contribution < -0.4 is 5.32 Å². The van der Waals surface area contributed by atoms with Gasteiger partial charge in [-0.05, 0) is 41.7 Å². The Hall–Kier alpha value is -3.90. The zero-order valence-corrected chi connectivity index (χ0v) is 22.9. The number of amides is 2. The zero-order chi connectivity index (χ0) is 27.2. The first-order chi connectivity index (χ1) is 18.2. The molecule has 3 aromatic carbocycles. The van der Waals surface area contributed by atoms with E-state index in [4.69, 9.17) is 16.6 Å². The lowest BCUT2D eigenvalue weighted by atomic mass is 10.0. The number of anilines is 1. The van der Waals surface area contributed by atoms with E-state index in [0.717, 1.165) is 16.9 Å². The molecule has 0 saturated heterocycles. The number of carbonyl (C=O) groups excluding carboxylic acids is 2. The molecule has 0 atom stereocenters. The smallest absolute Gasteiger partial charge is 0.255 e. The largest absolute Gasteiger partial charge is 0.329 e. The Bertz CT molecular complexity index is 1400. The Morgan fingerprint density at radius 1 is 0.921 bits per heavy atom. The summed E-state index contributed by atoms with van der Waals surface area (Å²) in [5.74, 6) is 0.350. The fourth-order valence-corrected chi connectivity index (χ4v) is 4.45. The van der Waals surface area contributed by atoms with Gasteiger partial charge in [-0.2, -0.15) is 0 Å². The summed E-state index contributed by atoms with van der Waals surface area (Å²) in [7, 11) is 0. The Kier molecular flexibility index (Phi) is 8.64. The molecule has 7 heteroatoms. The standard InChI is InChI=1S/C31H33ClN4O2/c1-21(2)18-35(30(38)26-12-8-9-13-27(26)32)20-29(37)34-31-33-28(24-10-6-5-7-11-24)19-36(31)25-16-14-23(15-17-25)22(3)4/h5-17,19,21-22H,18,20H2,1-4H3,(H,33,34,37). The summed E-state index contributed by atoms with van der Waals surface area (Å²) < 4.78 is 1.87. The number of hydrogen-bond donors (Lipinski definition) is 1. The molecule has 0 fully saturated rings. The number of rotatable bonds is 9. The normalized spacial score (nSPS) is 11.1. The van der Waals surface area contributed by atoms with E-state index in [2.05, 4.69) is 31.3 Å². The molecule has 2 amide bonds. The van der Waals surface area contributed by atoms with Crippen LogP contribution >= 0.6 is 11.6 Å². The summed E-state index contributed by atoms with van der Waals surface area (Å²) in [4.78, 5) is 32.9. The summed E-state index contributed by atoms with van der Waals surface area (Å²) in [6.45, 7) is 8.60. The third kappa shape index (κ3) is 6.50. The van der Waals surface area contributed by atoms with Gasteiger partial charge in [0, 0.05) is 24.0 Å². The molecule has 0 radical (unpaired) electrons. The van der Waals surface area contributed by atoms with Crippen LogP contribution in [0.15, 0.2) is 85.1 Å². The molecule has 0 aliphatic heterocycles. The molecular formula is C31H33ClN4O2. The zero-order valence-electron chi connectivity index (χ0n) is 22.2. The minimum atomic E-state index is -0.337. The summed E-state index contributed by atoms with van der Waals surface area (Å²) in [6.07, 6.45) is 1.91. The summed E-state index contributed by atoms with van der Waals surface area (Å²) in [6, 6.07) is 24.9. The van der Waals surface area contributed by atoms with E-state index in [0.29, 0.717) is 29.0 Å². The highest BCUT2D eigenvalue weighted by atomic mass is 35.5. The average molecular weight is 529 g/mol. The van der Waals surface area contributed by atoms with Gasteiger partial charge in [0.05, 0.1) is 16.3 Å². The van der Waals surface area contributed by atoms with Gasteiger partial charge in [0.25, 0.3) is 5.91 Å². The molecule has 0 saturated carbocycles. The van der Waals surface area contributed by atoms with Crippen LogP contribution in [0.25, 0.3) is 16.9 Å². The number of carbonyl (C=O) groups is 2. The first kappa shape index (κ1) is 27.1. The van der Waals surface area contributed by atoms with E-state index in [-0.39, 0.29) is 24.3 Å². The number of nitrogens with zero attached hydrogens (tertiary/aromatic N) is 3. The van der Waals surface area contributed by atoms with Crippen LogP contribution in [0.5, 0.6) is 0 Å². The molecule has 1 N–H and O–H groups in total. The number of imidazole rings is 1. The van der Waals surface area contributed by atoms with Crippen LogP contribution in [0.3, 0.4) is 0 Å². The number of benzene rings is 3. The lowest BCUT2D eigenvalue weighted by molar-refractivity contribution is -0.117. The summed E-state index contributed by atoms with van der Waals surface area (Å²) in [5, 5.41) is 3.31.